The minimum atomic E-state index is -6.00. The molecular weight excluding hydrogens is 161 g/mol. The second-order valence-electron chi connectivity index (χ2n) is 2.51. The van der Waals surface area contributed by atoms with E-state index in [1.54, 1.807) is 0 Å². The van der Waals surface area contributed by atoms with E-state index < -0.39 is 7.25 Å². The first-order chi connectivity index (χ1) is 4.89. The summed E-state index contributed by atoms with van der Waals surface area (Å²) < 4.78 is 39.0. The number of hydrogen-bond acceptors (Lipinski definition) is 1. The highest BCUT2D eigenvalue weighted by molar-refractivity contribution is 6.50. The predicted molar refractivity (Wildman–Crippen MR) is 36.9 cm³/mol. The number of likely N-dealkylation sites (tertiary alicyclic amines) is 1. The third kappa shape index (κ3) is 12.8. The lowest BCUT2D eigenvalue weighted by molar-refractivity contribution is 0.368. The van der Waals surface area contributed by atoms with Crippen molar-refractivity contribution in [2.24, 2.45) is 0 Å². The maximum Gasteiger partial charge on any atom is 0.673 e. The lowest BCUT2D eigenvalue weighted by Crippen LogP contribution is -2.10. The maximum absolute atomic E-state index is 9.75. The molecule has 1 rings (SSSR count). The van der Waals surface area contributed by atoms with Gasteiger partial charge in [0.05, 0.1) is 0 Å². The van der Waals surface area contributed by atoms with Crippen molar-refractivity contribution in [3.63, 3.8) is 0 Å². The van der Waals surface area contributed by atoms with Gasteiger partial charge in [0.1, 0.15) is 0 Å². The van der Waals surface area contributed by atoms with Crippen molar-refractivity contribution < 1.29 is 17.3 Å². The van der Waals surface area contributed by atoms with Crippen LogP contribution in [0.15, 0.2) is 0 Å². The quantitative estimate of drug-likeness (QED) is 0.399. The fourth-order valence-corrected chi connectivity index (χ4v) is 0.875. The summed E-state index contributed by atoms with van der Waals surface area (Å²) in [6.07, 6.45) is 2.83. The molecular formula is C5H11BF4N-. The molecule has 0 saturated carbocycles. The molecule has 0 spiro atoms. The zero-order valence-corrected chi connectivity index (χ0v) is 6.36. The summed E-state index contributed by atoms with van der Waals surface area (Å²) in [7, 11) is -3.83. The minimum absolute atomic E-state index is 1.32. The normalized spacial score (nSPS) is 19.4. The van der Waals surface area contributed by atoms with E-state index in [-0.39, 0.29) is 0 Å². The third-order valence-electron chi connectivity index (χ3n) is 1.33. The van der Waals surface area contributed by atoms with Crippen molar-refractivity contribution in [1.82, 2.24) is 4.90 Å². The van der Waals surface area contributed by atoms with Crippen molar-refractivity contribution in [3.8, 4) is 0 Å². The van der Waals surface area contributed by atoms with Gasteiger partial charge in [-0.2, -0.15) is 0 Å². The van der Waals surface area contributed by atoms with Crippen LogP contribution in [0.1, 0.15) is 12.8 Å². The molecule has 0 aromatic rings. The van der Waals surface area contributed by atoms with Crippen LogP contribution in [0.4, 0.5) is 17.3 Å². The van der Waals surface area contributed by atoms with Crippen LogP contribution < -0.4 is 0 Å². The Balaban J connectivity index is 0.000000187. The monoisotopic (exact) mass is 172 g/mol. The lowest BCUT2D eigenvalue weighted by atomic mass is 10.3. The fourth-order valence-electron chi connectivity index (χ4n) is 0.875. The van der Waals surface area contributed by atoms with E-state index in [9.17, 15) is 17.3 Å². The summed E-state index contributed by atoms with van der Waals surface area (Å²) in [5.74, 6) is 0. The molecule has 0 aliphatic carbocycles. The summed E-state index contributed by atoms with van der Waals surface area (Å²) in [6, 6.07) is 0. The Labute approximate surface area is 63.5 Å². The molecule has 0 aromatic carbocycles. The molecule has 0 aromatic heterocycles. The Morgan fingerprint density at radius 2 is 1.27 bits per heavy atom. The Morgan fingerprint density at radius 3 is 1.36 bits per heavy atom. The molecule has 1 nitrogen and oxygen atoms in total. The van der Waals surface area contributed by atoms with Gasteiger partial charge in [-0.15, -0.1) is 0 Å². The fraction of sp³-hybridized carbons (Fsp3) is 1.00. The van der Waals surface area contributed by atoms with Crippen LogP contribution in [0.2, 0.25) is 0 Å². The first-order valence-electron chi connectivity index (χ1n) is 3.45. The van der Waals surface area contributed by atoms with E-state index in [0.717, 1.165) is 0 Å². The summed E-state index contributed by atoms with van der Waals surface area (Å²) >= 11 is 0. The molecule has 1 fully saturated rings. The molecule has 1 saturated heterocycles. The van der Waals surface area contributed by atoms with Crippen molar-refractivity contribution >= 4 is 7.25 Å². The first kappa shape index (κ1) is 10.7. The molecule has 1 aliphatic heterocycles. The molecule has 0 bridgehead atoms. The van der Waals surface area contributed by atoms with E-state index in [1.807, 2.05) is 0 Å². The Morgan fingerprint density at radius 1 is 1.00 bits per heavy atom. The van der Waals surface area contributed by atoms with Gasteiger partial charge in [0.15, 0.2) is 0 Å². The van der Waals surface area contributed by atoms with E-state index in [0.29, 0.717) is 0 Å². The molecule has 11 heavy (non-hydrogen) atoms. The average molecular weight is 172 g/mol. The van der Waals surface area contributed by atoms with Crippen LogP contribution in [0.3, 0.4) is 0 Å². The van der Waals surface area contributed by atoms with Crippen LogP contribution >= 0.6 is 0 Å². The van der Waals surface area contributed by atoms with Gasteiger partial charge in [-0.1, -0.05) is 0 Å². The number of rotatable bonds is 0. The van der Waals surface area contributed by atoms with Crippen LogP contribution in [0.25, 0.3) is 0 Å². The van der Waals surface area contributed by atoms with Crippen molar-refractivity contribution in [2.45, 2.75) is 12.8 Å². The highest BCUT2D eigenvalue weighted by Gasteiger charge is 2.20. The Kier molecular flexibility index (Phi) is 4.48. The Bertz CT molecular complexity index is 93.1. The Hall–Kier alpha value is -0.255. The molecule has 68 valence electrons. The molecule has 1 heterocycles. The highest BCUT2D eigenvalue weighted by atomic mass is 19.5. The number of hydrogen-bond donors (Lipinski definition) is 0. The van der Waals surface area contributed by atoms with Gasteiger partial charge in [-0.05, 0) is 33.0 Å². The second-order valence-corrected chi connectivity index (χ2v) is 2.51. The molecule has 6 heteroatoms. The van der Waals surface area contributed by atoms with Crippen molar-refractivity contribution in [2.75, 3.05) is 20.1 Å². The van der Waals surface area contributed by atoms with Crippen LogP contribution in [-0.2, 0) is 0 Å². The van der Waals surface area contributed by atoms with E-state index in [1.165, 1.54) is 25.9 Å². The summed E-state index contributed by atoms with van der Waals surface area (Å²) in [4.78, 5) is 2.36. The number of nitrogens with zero attached hydrogens (tertiary/aromatic N) is 1. The molecule has 0 amide bonds. The van der Waals surface area contributed by atoms with Gasteiger partial charge in [-0.3, -0.25) is 0 Å². The molecule has 0 radical (unpaired) electrons. The van der Waals surface area contributed by atoms with Gasteiger partial charge in [0, 0.05) is 0 Å². The molecule has 1 aliphatic rings. The second kappa shape index (κ2) is 4.59. The van der Waals surface area contributed by atoms with Crippen LogP contribution in [-0.4, -0.2) is 32.3 Å². The van der Waals surface area contributed by atoms with Gasteiger partial charge < -0.3 is 22.2 Å². The smallest absolute Gasteiger partial charge is 0.418 e. The highest BCUT2D eigenvalue weighted by Crippen LogP contribution is 2.06. The largest absolute Gasteiger partial charge is 0.673 e. The van der Waals surface area contributed by atoms with Crippen molar-refractivity contribution in [1.29, 1.82) is 0 Å². The molecule has 0 N–H and O–H groups in total. The van der Waals surface area contributed by atoms with E-state index >= 15 is 0 Å². The standard InChI is InChI=1S/C5H11N.BF4/c1-6-4-2-3-5-6;2-1(3,4)5/h2-5H2,1H3;/q;-1. The van der Waals surface area contributed by atoms with E-state index in [2.05, 4.69) is 11.9 Å². The number of halogens is 4. The van der Waals surface area contributed by atoms with E-state index in [4.69, 9.17) is 0 Å². The SMILES string of the molecule is CN1CCCC1.F[B-](F)(F)F. The van der Waals surface area contributed by atoms with Gasteiger partial charge in [0.2, 0.25) is 0 Å². The third-order valence-corrected chi connectivity index (χ3v) is 1.33. The van der Waals surface area contributed by atoms with Crippen LogP contribution in [0, 0.1) is 0 Å². The van der Waals surface area contributed by atoms with Crippen molar-refractivity contribution in [3.05, 3.63) is 0 Å². The topological polar surface area (TPSA) is 3.24 Å². The summed E-state index contributed by atoms with van der Waals surface area (Å²) in [5.41, 5.74) is 0. The van der Waals surface area contributed by atoms with Gasteiger partial charge in [-0.25, -0.2) is 0 Å². The zero-order valence-electron chi connectivity index (χ0n) is 6.36. The van der Waals surface area contributed by atoms with Gasteiger partial charge >= 0.3 is 7.25 Å². The van der Waals surface area contributed by atoms with Gasteiger partial charge in [0.25, 0.3) is 0 Å². The maximum atomic E-state index is 9.75. The summed E-state index contributed by atoms with van der Waals surface area (Å²) in [6.45, 7) is 2.64. The molecule has 0 unspecified atom stereocenters. The summed E-state index contributed by atoms with van der Waals surface area (Å²) in [5, 5.41) is 0. The average Bonchev–Trinajstić information content (AvgIpc) is 2.12. The first-order valence-corrected chi connectivity index (χ1v) is 3.45. The predicted octanol–water partition coefficient (Wildman–Crippen LogP) is 2.01. The minimum Gasteiger partial charge on any atom is -0.418 e. The molecule has 0 atom stereocenters. The lowest BCUT2D eigenvalue weighted by Gasteiger charge is -2.01. The zero-order chi connectivity index (χ0) is 8.91. The van der Waals surface area contributed by atoms with Crippen LogP contribution in [0.5, 0.6) is 0 Å².